The molecule has 0 fully saturated rings. The number of aryl methyl sites for hydroxylation is 1. The quantitative estimate of drug-likeness (QED) is 0.329. The second kappa shape index (κ2) is 7.99. The lowest BCUT2D eigenvalue weighted by molar-refractivity contribution is -0.384. The average molecular weight is 343 g/mol. The summed E-state index contributed by atoms with van der Waals surface area (Å²) in [7, 11) is 1.73. The number of hydrogen-bond acceptors (Lipinski definition) is 3. The zero-order chi connectivity index (χ0) is 15.1. The highest BCUT2D eigenvalue weighted by Crippen LogP contribution is 2.18. The van der Waals surface area contributed by atoms with Gasteiger partial charge in [-0.25, -0.2) is 0 Å². The van der Waals surface area contributed by atoms with Crippen LogP contribution in [0.4, 0.5) is 5.69 Å². The third-order valence-corrected chi connectivity index (χ3v) is 3.70. The molecule has 5 nitrogen and oxygen atoms in total. The van der Waals surface area contributed by atoms with Crippen LogP contribution in [0.5, 0.6) is 0 Å². The van der Waals surface area contributed by atoms with Gasteiger partial charge in [-0.2, -0.15) is 0 Å². The van der Waals surface area contributed by atoms with Gasteiger partial charge in [-0.15, -0.1) is 0 Å². The predicted molar refractivity (Wildman–Crippen MR) is 82.4 cm³/mol. The predicted octanol–water partition coefficient (Wildman–Crippen LogP) is 3.54. The maximum Gasteiger partial charge on any atom is 0.270 e. The molecule has 6 heteroatoms. The topological polar surface area (TPSA) is 63.5 Å². The van der Waals surface area contributed by atoms with Gasteiger partial charge >= 0.3 is 0 Å². The van der Waals surface area contributed by atoms with Crippen molar-refractivity contribution in [3.05, 3.63) is 39.4 Å². The van der Waals surface area contributed by atoms with Crippen LogP contribution in [-0.4, -0.2) is 34.7 Å². The van der Waals surface area contributed by atoms with E-state index in [-0.39, 0.29) is 11.6 Å². The Kier molecular flexibility index (Phi) is 6.64. The van der Waals surface area contributed by atoms with E-state index in [9.17, 15) is 14.9 Å². The monoisotopic (exact) mass is 342 g/mol. The van der Waals surface area contributed by atoms with E-state index in [2.05, 4.69) is 15.9 Å². The molecular formula is C14H19BrN2O3. The average Bonchev–Trinajstić information content (AvgIpc) is 2.42. The fourth-order valence-electron chi connectivity index (χ4n) is 1.88. The summed E-state index contributed by atoms with van der Waals surface area (Å²) in [6, 6.07) is 4.39. The Bertz CT molecular complexity index is 491. The van der Waals surface area contributed by atoms with Gasteiger partial charge in [0.15, 0.2) is 0 Å². The first-order valence-electron chi connectivity index (χ1n) is 6.54. The standard InChI is InChI=1S/C14H19BrN2O3/c1-11-6-7-12(17(19)20)10-13(11)14(18)16(2)9-5-3-4-8-15/h6-7,10H,3-5,8-9H2,1-2H3. The number of nitro benzene ring substituents is 1. The number of rotatable bonds is 7. The fourth-order valence-corrected chi connectivity index (χ4v) is 2.28. The van der Waals surface area contributed by atoms with E-state index in [1.165, 1.54) is 12.1 Å². The molecule has 0 unspecified atom stereocenters. The number of benzene rings is 1. The van der Waals surface area contributed by atoms with Gasteiger partial charge in [0, 0.05) is 36.6 Å². The molecule has 110 valence electrons. The number of nitrogens with zero attached hydrogens (tertiary/aromatic N) is 2. The highest BCUT2D eigenvalue weighted by Gasteiger charge is 2.17. The Labute approximate surface area is 127 Å². The van der Waals surface area contributed by atoms with Gasteiger partial charge in [-0.05, 0) is 25.3 Å². The SMILES string of the molecule is Cc1ccc([N+](=O)[O-])cc1C(=O)N(C)CCCCCBr. The van der Waals surface area contributed by atoms with Gasteiger partial charge < -0.3 is 4.90 Å². The fraction of sp³-hybridized carbons (Fsp3) is 0.500. The van der Waals surface area contributed by atoms with Crippen LogP contribution in [0, 0.1) is 17.0 Å². The van der Waals surface area contributed by atoms with Crippen molar-refractivity contribution < 1.29 is 9.72 Å². The molecule has 0 aliphatic carbocycles. The number of halogens is 1. The van der Waals surface area contributed by atoms with Crippen molar-refractivity contribution in [2.75, 3.05) is 18.9 Å². The molecule has 0 saturated heterocycles. The number of hydrogen-bond donors (Lipinski definition) is 0. The van der Waals surface area contributed by atoms with E-state index >= 15 is 0 Å². The van der Waals surface area contributed by atoms with Crippen LogP contribution in [0.2, 0.25) is 0 Å². The first kappa shape index (κ1) is 16.6. The lowest BCUT2D eigenvalue weighted by atomic mass is 10.1. The van der Waals surface area contributed by atoms with E-state index in [1.54, 1.807) is 24.9 Å². The van der Waals surface area contributed by atoms with Crippen LogP contribution >= 0.6 is 15.9 Å². The molecule has 1 rings (SSSR count). The van der Waals surface area contributed by atoms with Gasteiger partial charge in [0.2, 0.25) is 0 Å². The molecule has 0 heterocycles. The number of carbonyl (C=O) groups is 1. The van der Waals surface area contributed by atoms with Crippen LogP contribution in [0.25, 0.3) is 0 Å². The van der Waals surface area contributed by atoms with Crippen LogP contribution in [0.1, 0.15) is 35.2 Å². The lowest BCUT2D eigenvalue weighted by Crippen LogP contribution is -2.28. The number of unbranched alkanes of at least 4 members (excludes halogenated alkanes) is 2. The second-order valence-corrected chi connectivity index (χ2v) is 5.53. The van der Waals surface area contributed by atoms with Crippen LogP contribution < -0.4 is 0 Å². The summed E-state index contributed by atoms with van der Waals surface area (Å²) in [5.41, 5.74) is 1.11. The molecule has 0 N–H and O–H groups in total. The van der Waals surface area contributed by atoms with Crippen molar-refractivity contribution in [3.8, 4) is 0 Å². The second-order valence-electron chi connectivity index (χ2n) is 4.73. The van der Waals surface area contributed by atoms with E-state index in [0.717, 1.165) is 30.2 Å². The minimum absolute atomic E-state index is 0.0494. The zero-order valence-corrected chi connectivity index (χ0v) is 13.4. The van der Waals surface area contributed by atoms with Crippen LogP contribution in [0.3, 0.4) is 0 Å². The molecule has 0 aromatic heterocycles. The van der Waals surface area contributed by atoms with Crippen molar-refractivity contribution >= 4 is 27.5 Å². The van der Waals surface area contributed by atoms with E-state index in [4.69, 9.17) is 0 Å². The Morgan fingerprint density at radius 1 is 1.35 bits per heavy atom. The maximum atomic E-state index is 12.3. The molecule has 0 radical (unpaired) electrons. The molecule has 20 heavy (non-hydrogen) atoms. The van der Waals surface area contributed by atoms with E-state index in [0.29, 0.717) is 12.1 Å². The van der Waals surface area contributed by atoms with E-state index < -0.39 is 4.92 Å². The normalized spacial score (nSPS) is 10.3. The first-order valence-corrected chi connectivity index (χ1v) is 7.66. The highest BCUT2D eigenvalue weighted by atomic mass is 79.9. The Balaban J connectivity index is 2.75. The molecular weight excluding hydrogens is 324 g/mol. The minimum Gasteiger partial charge on any atom is -0.342 e. The smallest absolute Gasteiger partial charge is 0.270 e. The molecule has 0 spiro atoms. The molecule has 1 amide bonds. The Morgan fingerprint density at radius 3 is 2.65 bits per heavy atom. The molecule has 0 bridgehead atoms. The van der Waals surface area contributed by atoms with Crippen molar-refractivity contribution in [2.24, 2.45) is 0 Å². The van der Waals surface area contributed by atoms with Crippen LogP contribution in [0.15, 0.2) is 18.2 Å². The van der Waals surface area contributed by atoms with Crippen molar-refractivity contribution in [2.45, 2.75) is 26.2 Å². The van der Waals surface area contributed by atoms with Crippen molar-refractivity contribution in [1.82, 2.24) is 4.90 Å². The molecule has 1 aromatic rings. The largest absolute Gasteiger partial charge is 0.342 e. The maximum absolute atomic E-state index is 12.3. The summed E-state index contributed by atoms with van der Waals surface area (Å²) >= 11 is 3.37. The van der Waals surface area contributed by atoms with E-state index in [1.807, 2.05) is 0 Å². The van der Waals surface area contributed by atoms with Gasteiger partial charge in [-0.1, -0.05) is 28.4 Å². The zero-order valence-electron chi connectivity index (χ0n) is 11.8. The van der Waals surface area contributed by atoms with Crippen molar-refractivity contribution in [1.29, 1.82) is 0 Å². The Morgan fingerprint density at radius 2 is 2.05 bits per heavy atom. The number of amides is 1. The highest BCUT2D eigenvalue weighted by molar-refractivity contribution is 9.09. The van der Waals surface area contributed by atoms with Crippen LogP contribution in [-0.2, 0) is 0 Å². The molecule has 1 aromatic carbocycles. The summed E-state index contributed by atoms with van der Waals surface area (Å²) in [6.07, 6.45) is 3.07. The number of nitro groups is 1. The molecule has 0 aliphatic rings. The Hall–Kier alpha value is -1.43. The number of carbonyl (C=O) groups excluding carboxylic acids is 1. The van der Waals surface area contributed by atoms with Gasteiger partial charge in [-0.3, -0.25) is 14.9 Å². The van der Waals surface area contributed by atoms with Gasteiger partial charge in [0.05, 0.1) is 4.92 Å². The molecule has 0 atom stereocenters. The summed E-state index contributed by atoms with van der Waals surface area (Å²) in [5, 5.41) is 11.7. The molecule has 0 aliphatic heterocycles. The number of alkyl halides is 1. The summed E-state index contributed by atoms with van der Waals surface area (Å²) < 4.78 is 0. The van der Waals surface area contributed by atoms with Gasteiger partial charge in [0.1, 0.15) is 0 Å². The summed E-state index contributed by atoms with van der Waals surface area (Å²) in [5.74, 6) is -0.162. The third-order valence-electron chi connectivity index (χ3n) is 3.14. The third kappa shape index (κ3) is 4.59. The lowest BCUT2D eigenvalue weighted by Gasteiger charge is -2.18. The summed E-state index contributed by atoms with van der Waals surface area (Å²) in [4.78, 5) is 24.2. The van der Waals surface area contributed by atoms with Crippen molar-refractivity contribution in [3.63, 3.8) is 0 Å². The number of non-ortho nitro benzene ring substituents is 1. The van der Waals surface area contributed by atoms with Gasteiger partial charge in [0.25, 0.3) is 11.6 Å². The first-order chi connectivity index (χ1) is 9.47. The molecule has 0 saturated carbocycles. The summed E-state index contributed by atoms with van der Waals surface area (Å²) in [6.45, 7) is 2.45. The minimum atomic E-state index is -0.480.